The zero-order chi connectivity index (χ0) is 14.7. The van der Waals surface area contributed by atoms with Crippen molar-refractivity contribution in [1.29, 1.82) is 0 Å². The van der Waals surface area contributed by atoms with E-state index < -0.39 is 0 Å². The van der Waals surface area contributed by atoms with Gasteiger partial charge in [0.05, 0.1) is 7.11 Å². The van der Waals surface area contributed by atoms with E-state index in [0.717, 1.165) is 44.8 Å². The molecule has 1 amide bonds. The van der Waals surface area contributed by atoms with Crippen LogP contribution in [0.3, 0.4) is 0 Å². The largest absolute Gasteiger partial charge is 0.497 e. The Labute approximate surface area is 126 Å². The standard InChI is InChI=1S/C17H24N2O2/c1-21-15-5-2-14(3-6-15)4-7-16(20)19-11-9-17(13-19)8-10-18-12-17/h2-3,5-6,18H,4,7-13H2,1H3. The Morgan fingerprint density at radius 2 is 2.14 bits per heavy atom. The lowest BCUT2D eigenvalue weighted by atomic mass is 9.86. The number of likely N-dealkylation sites (tertiary alicyclic amines) is 1. The molecule has 0 aromatic heterocycles. The fourth-order valence-corrected chi connectivity index (χ4v) is 3.49. The first-order valence-corrected chi connectivity index (χ1v) is 7.82. The second-order valence-electron chi connectivity index (χ2n) is 6.34. The normalized spacial score (nSPS) is 24.7. The lowest BCUT2D eigenvalue weighted by Gasteiger charge is -2.22. The molecule has 2 aliphatic heterocycles. The molecule has 2 saturated heterocycles. The molecule has 4 nitrogen and oxygen atoms in total. The Kier molecular flexibility index (Phi) is 4.15. The lowest BCUT2D eigenvalue weighted by Crippen LogP contribution is -2.33. The second-order valence-corrected chi connectivity index (χ2v) is 6.34. The maximum absolute atomic E-state index is 12.4. The van der Waals surface area contributed by atoms with Gasteiger partial charge < -0.3 is 15.0 Å². The predicted molar refractivity (Wildman–Crippen MR) is 82.4 cm³/mol. The average molecular weight is 288 g/mol. The van der Waals surface area contributed by atoms with Crippen LogP contribution in [0, 0.1) is 5.41 Å². The quantitative estimate of drug-likeness (QED) is 0.919. The van der Waals surface area contributed by atoms with Gasteiger partial charge in [-0.2, -0.15) is 0 Å². The van der Waals surface area contributed by atoms with E-state index in [1.165, 1.54) is 12.0 Å². The zero-order valence-electron chi connectivity index (χ0n) is 12.7. The van der Waals surface area contributed by atoms with Gasteiger partial charge in [-0.15, -0.1) is 0 Å². The van der Waals surface area contributed by atoms with Gasteiger partial charge in [0.15, 0.2) is 0 Å². The van der Waals surface area contributed by atoms with Gasteiger partial charge in [0.1, 0.15) is 5.75 Å². The van der Waals surface area contributed by atoms with E-state index in [1.807, 2.05) is 24.3 Å². The number of carbonyl (C=O) groups is 1. The summed E-state index contributed by atoms with van der Waals surface area (Å²) in [5.74, 6) is 1.16. The molecule has 0 aliphatic carbocycles. The summed E-state index contributed by atoms with van der Waals surface area (Å²) in [6, 6.07) is 7.99. The summed E-state index contributed by atoms with van der Waals surface area (Å²) in [7, 11) is 1.67. The van der Waals surface area contributed by atoms with Crippen LogP contribution in [0.5, 0.6) is 5.75 Å². The first-order chi connectivity index (χ1) is 10.2. The molecule has 2 aliphatic rings. The Morgan fingerprint density at radius 3 is 2.81 bits per heavy atom. The second kappa shape index (κ2) is 6.06. The monoisotopic (exact) mass is 288 g/mol. The third-order valence-corrected chi connectivity index (χ3v) is 4.91. The van der Waals surface area contributed by atoms with E-state index in [9.17, 15) is 4.79 Å². The molecule has 1 aromatic carbocycles. The topological polar surface area (TPSA) is 41.6 Å². The summed E-state index contributed by atoms with van der Waals surface area (Å²) < 4.78 is 5.15. The maximum atomic E-state index is 12.4. The van der Waals surface area contributed by atoms with E-state index in [2.05, 4.69) is 10.2 Å². The molecule has 114 valence electrons. The van der Waals surface area contributed by atoms with Crippen LogP contribution in [0.15, 0.2) is 24.3 Å². The molecule has 0 radical (unpaired) electrons. The van der Waals surface area contributed by atoms with Crippen molar-refractivity contribution in [3.8, 4) is 5.75 Å². The van der Waals surface area contributed by atoms with E-state index >= 15 is 0 Å². The highest BCUT2D eigenvalue weighted by Crippen LogP contribution is 2.36. The average Bonchev–Trinajstić information content (AvgIpc) is 3.16. The number of carbonyl (C=O) groups excluding carboxylic acids is 1. The molecule has 1 aromatic rings. The van der Waals surface area contributed by atoms with Crippen LogP contribution >= 0.6 is 0 Å². The molecule has 0 saturated carbocycles. The summed E-state index contributed by atoms with van der Waals surface area (Å²) in [4.78, 5) is 14.4. The minimum absolute atomic E-state index is 0.301. The zero-order valence-corrected chi connectivity index (χ0v) is 12.7. The number of benzene rings is 1. The van der Waals surface area contributed by atoms with Crippen LogP contribution in [0.4, 0.5) is 0 Å². The molecule has 2 heterocycles. The van der Waals surface area contributed by atoms with Crippen LogP contribution in [0.1, 0.15) is 24.8 Å². The predicted octanol–water partition coefficient (Wildman–Crippen LogP) is 1.84. The number of aryl methyl sites for hydroxylation is 1. The number of ether oxygens (including phenoxy) is 1. The van der Waals surface area contributed by atoms with Crippen LogP contribution in [-0.4, -0.2) is 44.1 Å². The SMILES string of the molecule is COc1ccc(CCC(=O)N2CCC3(CCNC3)C2)cc1. The number of rotatable bonds is 4. The minimum atomic E-state index is 0.301. The smallest absolute Gasteiger partial charge is 0.222 e. The fourth-order valence-electron chi connectivity index (χ4n) is 3.49. The van der Waals surface area contributed by atoms with Gasteiger partial charge in [-0.05, 0) is 43.5 Å². The van der Waals surface area contributed by atoms with Crippen LogP contribution in [0.25, 0.3) is 0 Å². The Balaban J connectivity index is 1.50. The number of hydrogen-bond acceptors (Lipinski definition) is 3. The van der Waals surface area contributed by atoms with Crippen molar-refractivity contribution >= 4 is 5.91 Å². The number of nitrogens with one attached hydrogen (secondary N) is 1. The van der Waals surface area contributed by atoms with Gasteiger partial charge >= 0.3 is 0 Å². The summed E-state index contributed by atoms with van der Waals surface area (Å²) in [6.45, 7) is 4.06. The van der Waals surface area contributed by atoms with Gasteiger partial charge in [-0.1, -0.05) is 12.1 Å². The first kappa shape index (κ1) is 14.4. The summed E-state index contributed by atoms with van der Waals surface area (Å²) in [5.41, 5.74) is 1.57. The van der Waals surface area contributed by atoms with Crippen molar-refractivity contribution < 1.29 is 9.53 Å². The van der Waals surface area contributed by atoms with Crippen LogP contribution in [0.2, 0.25) is 0 Å². The number of methoxy groups -OCH3 is 1. The van der Waals surface area contributed by atoms with Gasteiger partial charge in [-0.25, -0.2) is 0 Å². The minimum Gasteiger partial charge on any atom is -0.497 e. The van der Waals surface area contributed by atoms with E-state index in [1.54, 1.807) is 7.11 Å². The molecular formula is C17H24N2O2. The van der Waals surface area contributed by atoms with Crippen molar-refractivity contribution in [1.82, 2.24) is 10.2 Å². The van der Waals surface area contributed by atoms with E-state index in [4.69, 9.17) is 4.74 Å². The van der Waals surface area contributed by atoms with Crippen molar-refractivity contribution in [2.45, 2.75) is 25.7 Å². The lowest BCUT2D eigenvalue weighted by molar-refractivity contribution is -0.130. The Morgan fingerprint density at radius 1 is 1.33 bits per heavy atom. The van der Waals surface area contributed by atoms with Gasteiger partial charge in [0.2, 0.25) is 5.91 Å². The fraction of sp³-hybridized carbons (Fsp3) is 0.588. The molecule has 4 heteroatoms. The molecule has 21 heavy (non-hydrogen) atoms. The van der Waals surface area contributed by atoms with Gasteiger partial charge in [0.25, 0.3) is 0 Å². The highest BCUT2D eigenvalue weighted by Gasteiger charge is 2.41. The molecular weight excluding hydrogens is 264 g/mol. The number of amides is 1. The van der Waals surface area contributed by atoms with E-state index in [-0.39, 0.29) is 0 Å². The number of hydrogen-bond donors (Lipinski definition) is 1. The Hall–Kier alpha value is -1.55. The van der Waals surface area contributed by atoms with Gasteiger partial charge in [-0.3, -0.25) is 4.79 Å². The summed E-state index contributed by atoms with van der Waals surface area (Å²) in [5, 5.41) is 3.43. The molecule has 1 spiro atoms. The van der Waals surface area contributed by atoms with Crippen LogP contribution < -0.4 is 10.1 Å². The number of nitrogens with zero attached hydrogens (tertiary/aromatic N) is 1. The summed E-state index contributed by atoms with van der Waals surface area (Å²) >= 11 is 0. The van der Waals surface area contributed by atoms with Crippen molar-refractivity contribution in [3.63, 3.8) is 0 Å². The summed E-state index contributed by atoms with van der Waals surface area (Å²) in [6.07, 6.45) is 3.80. The third kappa shape index (κ3) is 3.21. The molecule has 0 bridgehead atoms. The molecule has 2 fully saturated rings. The first-order valence-electron chi connectivity index (χ1n) is 7.82. The molecule has 1 unspecified atom stereocenters. The maximum Gasteiger partial charge on any atom is 0.222 e. The third-order valence-electron chi connectivity index (χ3n) is 4.91. The molecule has 1 N–H and O–H groups in total. The van der Waals surface area contributed by atoms with Gasteiger partial charge in [0, 0.05) is 31.5 Å². The van der Waals surface area contributed by atoms with Crippen molar-refractivity contribution in [3.05, 3.63) is 29.8 Å². The molecule has 3 rings (SSSR count). The van der Waals surface area contributed by atoms with E-state index in [0.29, 0.717) is 17.7 Å². The molecule has 1 atom stereocenters. The van der Waals surface area contributed by atoms with Crippen molar-refractivity contribution in [2.75, 3.05) is 33.3 Å². The Bertz CT molecular complexity index is 492. The highest BCUT2D eigenvalue weighted by molar-refractivity contribution is 5.76. The highest BCUT2D eigenvalue weighted by atomic mass is 16.5. The van der Waals surface area contributed by atoms with Crippen LogP contribution in [-0.2, 0) is 11.2 Å². The van der Waals surface area contributed by atoms with Crippen molar-refractivity contribution in [2.24, 2.45) is 5.41 Å².